The summed E-state index contributed by atoms with van der Waals surface area (Å²) in [5, 5.41) is 2.20. The quantitative estimate of drug-likeness (QED) is 0.249. The van der Waals surface area contributed by atoms with Crippen molar-refractivity contribution in [3.8, 4) is 11.7 Å². The summed E-state index contributed by atoms with van der Waals surface area (Å²) >= 11 is 0. The fourth-order valence-electron chi connectivity index (χ4n) is 4.61. The molecule has 0 bridgehead atoms. The number of aryl methyl sites for hydroxylation is 2. The van der Waals surface area contributed by atoms with Crippen molar-refractivity contribution in [1.29, 1.82) is 0 Å². The largest absolute Gasteiger partial charge is 0.489 e. The third-order valence-electron chi connectivity index (χ3n) is 6.26. The molecule has 0 radical (unpaired) electrons. The van der Waals surface area contributed by atoms with E-state index in [1.165, 1.54) is 10.9 Å². The number of hydrogen-bond donors (Lipinski definition) is 0. The monoisotopic (exact) mass is 480 g/mol. The van der Waals surface area contributed by atoms with E-state index in [9.17, 15) is 0 Å². The van der Waals surface area contributed by atoms with Crippen molar-refractivity contribution in [2.75, 3.05) is 34.4 Å². The smallest absolute Gasteiger partial charge is 0.235 e. The van der Waals surface area contributed by atoms with Gasteiger partial charge in [-0.3, -0.25) is 4.57 Å². The first-order valence-electron chi connectivity index (χ1n) is 12.3. The third kappa shape index (κ3) is 5.10. The van der Waals surface area contributed by atoms with Gasteiger partial charge in [-0.25, -0.2) is 9.97 Å². The summed E-state index contributed by atoms with van der Waals surface area (Å²) in [7, 11) is 5.84. The Balaban J connectivity index is 1.67. The summed E-state index contributed by atoms with van der Waals surface area (Å²) in [6, 6.07) is 27.3. The van der Waals surface area contributed by atoms with Gasteiger partial charge in [0.25, 0.3) is 0 Å². The second kappa shape index (κ2) is 10.9. The number of fused-ring (bicyclic) bond motifs is 2. The van der Waals surface area contributed by atoms with E-state index >= 15 is 0 Å². The van der Waals surface area contributed by atoms with Gasteiger partial charge in [-0.05, 0) is 50.7 Å². The molecule has 0 atom stereocenters. The number of methoxy groups -OCH3 is 1. The van der Waals surface area contributed by atoms with Crippen molar-refractivity contribution in [3.05, 3.63) is 95.8 Å². The molecule has 2 heterocycles. The minimum Gasteiger partial charge on any atom is -0.489 e. The highest BCUT2D eigenvalue weighted by molar-refractivity contribution is 5.88. The molecule has 0 N–H and O–H groups in total. The molecule has 6 heteroatoms. The average molecular weight is 481 g/mol. The van der Waals surface area contributed by atoms with E-state index in [0.29, 0.717) is 19.2 Å². The summed E-state index contributed by atoms with van der Waals surface area (Å²) in [6.45, 7) is 1.76. The summed E-state index contributed by atoms with van der Waals surface area (Å²) in [4.78, 5) is 12.4. The molecule has 0 spiro atoms. The van der Waals surface area contributed by atoms with Crippen LogP contribution in [0.3, 0.4) is 0 Å². The Labute approximate surface area is 212 Å². The van der Waals surface area contributed by atoms with Crippen molar-refractivity contribution in [2.24, 2.45) is 0 Å². The van der Waals surface area contributed by atoms with Crippen LogP contribution in [0.15, 0.2) is 78.9 Å². The fourth-order valence-corrected chi connectivity index (χ4v) is 4.61. The minimum atomic E-state index is 0.465. The van der Waals surface area contributed by atoms with Gasteiger partial charge in [0.1, 0.15) is 17.9 Å². The molecule has 184 valence electrons. The van der Waals surface area contributed by atoms with Crippen molar-refractivity contribution >= 4 is 21.8 Å². The summed E-state index contributed by atoms with van der Waals surface area (Å²) in [5.74, 6) is 1.42. The third-order valence-corrected chi connectivity index (χ3v) is 6.26. The van der Waals surface area contributed by atoms with Gasteiger partial charge in [0.2, 0.25) is 5.95 Å². The molecule has 0 fully saturated rings. The van der Waals surface area contributed by atoms with Crippen LogP contribution < -0.4 is 4.74 Å². The molecule has 36 heavy (non-hydrogen) atoms. The van der Waals surface area contributed by atoms with E-state index in [1.807, 2.05) is 12.1 Å². The average Bonchev–Trinajstić information content (AvgIpc) is 3.25. The Morgan fingerprint density at radius 2 is 1.64 bits per heavy atom. The van der Waals surface area contributed by atoms with Gasteiger partial charge >= 0.3 is 0 Å². The van der Waals surface area contributed by atoms with E-state index in [0.717, 1.165) is 52.9 Å². The zero-order valence-electron chi connectivity index (χ0n) is 21.1. The topological polar surface area (TPSA) is 52.4 Å². The predicted molar refractivity (Wildman–Crippen MR) is 145 cm³/mol. The van der Waals surface area contributed by atoms with Crippen LogP contribution in [0.5, 0.6) is 5.75 Å². The lowest BCUT2D eigenvalue weighted by Gasteiger charge is -2.16. The first-order chi connectivity index (χ1) is 17.6. The Morgan fingerprint density at radius 1 is 0.833 bits per heavy atom. The molecule has 0 aliphatic heterocycles. The standard InChI is InChI=1S/C30H32N4O2/c1-33(2)21-24-20-23-12-7-8-14-27(23)34(24)30-31-26(17-16-22-10-5-4-6-11-22)25-13-9-15-28(29(25)32-30)36-19-18-35-3/h4-15,20H,16-19,21H2,1-3H3. The maximum absolute atomic E-state index is 6.10. The van der Waals surface area contributed by atoms with Crippen LogP contribution in [0.4, 0.5) is 0 Å². The Bertz CT molecular complexity index is 1460. The Kier molecular flexibility index (Phi) is 7.26. The van der Waals surface area contributed by atoms with Gasteiger partial charge < -0.3 is 14.4 Å². The Hall–Kier alpha value is -3.74. The van der Waals surface area contributed by atoms with Gasteiger partial charge in [0, 0.05) is 30.1 Å². The molecular weight excluding hydrogens is 448 g/mol. The molecule has 5 rings (SSSR count). The van der Waals surface area contributed by atoms with Gasteiger partial charge in [-0.15, -0.1) is 0 Å². The van der Waals surface area contributed by atoms with E-state index in [2.05, 4.69) is 90.3 Å². The number of benzene rings is 3. The summed E-state index contributed by atoms with van der Waals surface area (Å²) < 4.78 is 13.5. The van der Waals surface area contributed by atoms with Crippen molar-refractivity contribution in [1.82, 2.24) is 19.4 Å². The number of nitrogens with zero attached hydrogens (tertiary/aromatic N) is 4. The van der Waals surface area contributed by atoms with Crippen LogP contribution in [-0.4, -0.2) is 53.9 Å². The van der Waals surface area contributed by atoms with E-state index < -0.39 is 0 Å². The molecule has 0 saturated heterocycles. The maximum Gasteiger partial charge on any atom is 0.235 e. The molecular formula is C30H32N4O2. The zero-order chi connectivity index (χ0) is 24.9. The van der Waals surface area contributed by atoms with Gasteiger partial charge in [0.05, 0.1) is 17.8 Å². The number of rotatable bonds is 10. The molecule has 2 aromatic heterocycles. The first kappa shape index (κ1) is 24.0. The number of para-hydroxylation sites is 2. The van der Waals surface area contributed by atoms with Crippen LogP contribution >= 0.6 is 0 Å². The van der Waals surface area contributed by atoms with Crippen LogP contribution in [-0.2, 0) is 24.1 Å². The van der Waals surface area contributed by atoms with Crippen LogP contribution in [0.1, 0.15) is 17.0 Å². The van der Waals surface area contributed by atoms with Gasteiger partial charge in [-0.2, -0.15) is 0 Å². The molecule has 0 amide bonds. The molecule has 0 aliphatic rings. The summed E-state index contributed by atoms with van der Waals surface area (Å²) in [5.41, 5.74) is 5.38. The first-order valence-corrected chi connectivity index (χ1v) is 12.3. The maximum atomic E-state index is 6.10. The second-order valence-electron chi connectivity index (χ2n) is 9.22. The molecule has 6 nitrogen and oxygen atoms in total. The highest BCUT2D eigenvalue weighted by atomic mass is 16.5. The van der Waals surface area contributed by atoms with Crippen LogP contribution in [0.2, 0.25) is 0 Å². The molecule has 3 aromatic carbocycles. The van der Waals surface area contributed by atoms with E-state index in [4.69, 9.17) is 19.4 Å². The minimum absolute atomic E-state index is 0.465. The van der Waals surface area contributed by atoms with Crippen LogP contribution in [0, 0.1) is 0 Å². The number of hydrogen-bond acceptors (Lipinski definition) is 5. The lowest BCUT2D eigenvalue weighted by molar-refractivity contribution is 0.147. The molecule has 0 aliphatic carbocycles. The zero-order valence-corrected chi connectivity index (χ0v) is 21.1. The lowest BCUT2D eigenvalue weighted by atomic mass is 10.0. The number of aromatic nitrogens is 3. The van der Waals surface area contributed by atoms with Crippen molar-refractivity contribution < 1.29 is 9.47 Å². The van der Waals surface area contributed by atoms with Crippen LogP contribution in [0.25, 0.3) is 27.8 Å². The fraction of sp³-hybridized carbons (Fsp3) is 0.267. The highest BCUT2D eigenvalue weighted by Crippen LogP contribution is 2.30. The van der Waals surface area contributed by atoms with Gasteiger partial charge in [-0.1, -0.05) is 60.7 Å². The normalized spacial score (nSPS) is 11.6. The molecule has 0 unspecified atom stereocenters. The van der Waals surface area contributed by atoms with E-state index in [-0.39, 0.29) is 0 Å². The summed E-state index contributed by atoms with van der Waals surface area (Å²) in [6.07, 6.45) is 1.71. The van der Waals surface area contributed by atoms with Crippen molar-refractivity contribution in [3.63, 3.8) is 0 Å². The number of ether oxygens (including phenoxy) is 2. The van der Waals surface area contributed by atoms with Crippen molar-refractivity contribution in [2.45, 2.75) is 19.4 Å². The predicted octanol–water partition coefficient (Wildman–Crippen LogP) is 5.45. The SMILES string of the molecule is COCCOc1cccc2c(CCc3ccccc3)nc(-n3c(CN(C)C)cc4ccccc43)nc12. The van der Waals surface area contributed by atoms with Gasteiger partial charge in [0.15, 0.2) is 0 Å². The second-order valence-corrected chi connectivity index (χ2v) is 9.22. The lowest BCUT2D eigenvalue weighted by Crippen LogP contribution is -2.16. The highest BCUT2D eigenvalue weighted by Gasteiger charge is 2.18. The molecule has 0 saturated carbocycles. The van der Waals surface area contributed by atoms with E-state index in [1.54, 1.807) is 7.11 Å². The Morgan fingerprint density at radius 3 is 2.44 bits per heavy atom. The molecule has 5 aromatic rings.